The topological polar surface area (TPSA) is 40.5 Å². The third-order valence-electron chi connectivity index (χ3n) is 2.16. The van der Waals surface area contributed by atoms with Crippen molar-refractivity contribution in [2.24, 2.45) is 0 Å². The molecule has 5 heteroatoms. The number of halogens is 2. The van der Waals surface area contributed by atoms with Gasteiger partial charge in [-0.1, -0.05) is 50.0 Å². The van der Waals surface area contributed by atoms with Crippen molar-refractivity contribution in [3.05, 3.63) is 27.7 Å². The van der Waals surface area contributed by atoms with Crippen molar-refractivity contribution in [2.45, 2.75) is 26.2 Å². The highest BCUT2D eigenvalue weighted by molar-refractivity contribution is 6.60. The van der Waals surface area contributed by atoms with Crippen LogP contribution in [0, 0.1) is 0 Å². The van der Waals surface area contributed by atoms with Gasteiger partial charge in [-0.2, -0.15) is 0 Å². The number of hydrogen-bond donors (Lipinski definition) is 2. The highest BCUT2D eigenvalue weighted by Crippen LogP contribution is 2.32. The van der Waals surface area contributed by atoms with Gasteiger partial charge in [0.2, 0.25) is 0 Å². The predicted molar refractivity (Wildman–Crippen MR) is 65.0 cm³/mol. The summed E-state index contributed by atoms with van der Waals surface area (Å²) in [5.41, 5.74) is 0.782. The van der Waals surface area contributed by atoms with Crippen LogP contribution in [-0.2, 0) is 5.41 Å². The van der Waals surface area contributed by atoms with Gasteiger partial charge < -0.3 is 10.0 Å². The summed E-state index contributed by atoms with van der Waals surface area (Å²) in [5, 5.41) is 19.3. The summed E-state index contributed by atoms with van der Waals surface area (Å²) in [6.45, 7) is 5.82. The van der Waals surface area contributed by atoms with Crippen molar-refractivity contribution in [1.29, 1.82) is 0 Å². The normalized spacial score (nSPS) is 11.7. The Morgan fingerprint density at radius 3 is 2.07 bits per heavy atom. The Bertz CT molecular complexity index is 372. The van der Waals surface area contributed by atoms with Crippen LogP contribution in [0.3, 0.4) is 0 Å². The zero-order chi connectivity index (χ0) is 11.8. The van der Waals surface area contributed by atoms with Crippen molar-refractivity contribution in [3.63, 3.8) is 0 Å². The molecule has 0 unspecified atom stereocenters. The second-order valence-electron chi connectivity index (χ2n) is 4.45. The van der Waals surface area contributed by atoms with Crippen LogP contribution in [0.2, 0.25) is 10.0 Å². The lowest BCUT2D eigenvalue weighted by molar-refractivity contribution is 0.424. The molecule has 0 saturated heterocycles. The summed E-state index contributed by atoms with van der Waals surface area (Å²) in [5.74, 6) is 0. The van der Waals surface area contributed by atoms with Crippen LogP contribution in [0.5, 0.6) is 0 Å². The van der Waals surface area contributed by atoms with Gasteiger partial charge in [-0.15, -0.1) is 0 Å². The van der Waals surface area contributed by atoms with Crippen LogP contribution in [-0.4, -0.2) is 17.2 Å². The number of benzene rings is 1. The van der Waals surface area contributed by atoms with Crippen LogP contribution >= 0.6 is 23.2 Å². The average molecular weight is 247 g/mol. The molecule has 0 aromatic heterocycles. The minimum Gasteiger partial charge on any atom is -0.423 e. The third-order valence-corrected chi connectivity index (χ3v) is 2.96. The SMILES string of the molecule is CC(C)(C)c1c(B(O)O)ccc(Cl)c1Cl. The summed E-state index contributed by atoms with van der Waals surface area (Å²) in [6, 6.07) is 3.15. The van der Waals surface area contributed by atoms with E-state index in [-0.39, 0.29) is 5.41 Å². The van der Waals surface area contributed by atoms with E-state index in [4.69, 9.17) is 23.2 Å². The molecule has 15 heavy (non-hydrogen) atoms. The molecule has 1 rings (SSSR count). The van der Waals surface area contributed by atoms with E-state index in [0.717, 1.165) is 0 Å². The van der Waals surface area contributed by atoms with Gasteiger partial charge in [0.1, 0.15) is 0 Å². The fourth-order valence-electron chi connectivity index (χ4n) is 1.54. The first kappa shape index (κ1) is 12.9. The first-order valence-electron chi connectivity index (χ1n) is 4.59. The largest absolute Gasteiger partial charge is 0.488 e. The van der Waals surface area contributed by atoms with Gasteiger partial charge in [-0.05, 0) is 22.5 Å². The highest BCUT2D eigenvalue weighted by Gasteiger charge is 2.27. The Morgan fingerprint density at radius 2 is 1.67 bits per heavy atom. The number of hydrogen-bond acceptors (Lipinski definition) is 2. The van der Waals surface area contributed by atoms with Gasteiger partial charge in [-0.3, -0.25) is 0 Å². The van der Waals surface area contributed by atoms with E-state index >= 15 is 0 Å². The molecule has 0 spiro atoms. The molecule has 0 bridgehead atoms. The summed E-state index contributed by atoms with van der Waals surface area (Å²) in [4.78, 5) is 0. The lowest BCUT2D eigenvalue weighted by atomic mass is 9.70. The predicted octanol–water partition coefficient (Wildman–Crippen LogP) is 1.97. The molecule has 0 saturated carbocycles. The molecule has 1 aromatic rings. The molecular formula is C10H13BCl2O2. The Morgan fingerprint density at radius 1 is 1.13 bits per heavy atom. The molecule has 1 aromatic carbocycles. The Hall–Kier alpha value is -0.215. The third kappa shape index (κ3) is 2.67. The minimum atomic E-state index is -1.53. The smallest absolute Gasteiger partial charge is 0.423 e. The van der Waals surface area contributed by atoms with Crippen molar-refractivity contribution in [3.8, 4) is 0 Å². The van der Waals surface area contributed by atoms with Crippen LogP contribution in [0.4, 0.5) is 0 Å². The minimum absolute atomic E-state index is 0.291. The molecule has 0 aliphatic rings. The van der Waals surface area contributed by atoms with E-state index in [1.165, 1.54) is 0 Å². The van der Waals surface area contributed by atoms with Gasteiger partial charge in [0.15, 0.2) is 0 Å². The standard InChI is InChI=1S/C10H13BCl2O2/c1-10(2,3)8-6(11(14)15)4-5-7(12)9(8)13/h4-5,14-15H,1-3H3. The zero-order valence-corrected chi connectivity index (χ0v) is 10.4. The summed E-state index contributed by atoms with van der Waals surface area (Å²) < 4.78 is 0. The van der Waals surface area contributed by atoms with Gasteiger partial charge in [-0.25, -0.2) is 0 Å². The second-order valence-corrected chi connectivity index (χ2v) is 5.23. The molecule has 0 fully saturated rings. The molecule has 0 heterocycles. The molecule has 82 valence electrons. The van der Waals surface area contributed by atoms with E-state index in [0.29, 0.717) is 21.1 Å². The molecule has 0 radical (unpaired) electrons. The van der Waals surface area contributed by atoms with E-state index < -0.39 is 7.12 Å². The van der Waals surface area contributed by atoms with Crippen LogP contribution < -0.4 is 5.46 Å². The average Bonchev–Trinajstić information content (AvgIpc) is 2.06. The Kier molecular flexibility index (Phi) is 3.72. The number of rotatable bonds is 1. The zero-order valence-electron chi connectivity index (χ0n) is 8.88. The monoisotopic (exact) mass is 246 g/mol. The van der Waals surface area contributed by atoms with Crippen molar-refractivity contribution < 1.29 is 10.0 Å². The second kappa shape index (κ2) is 4.34. The van der Waals surface area contributed by atoms with Gasteiger partial charge in [0, 0.05) is 0 Å². The van der Waals surface area contributed by atoms with Crippen molar-refractivity contribution in [2.75, 3.05) is 0 Å². The van der Waals surface area contributed by atoms with Gasteiger partial charge >= 0.3 is 7.12 Å². The van der Waals surface area contributed by atoms with Gasteiger partial charge in [0.05, 0.1) is 10.0 Å². The first-order valence-corrected chi connectivity index (χ1v) is 5.35. The maximum absolute atomic E-state index is 9.24. The lowest BCUT2D eigenvalue weighted by Crippen LogP contribution is -2.37. The van der Waals surface area contributed by atoms with E-state index in [1.54, 1.807) is 12.1 Å². The lowest BCUT2D eigenvalue weighted by Gasteiger charge is -2.24. The molecule has 0 aliphatic carbocycles. The maximum atomic E-state index is 9.24. The van der Waals surface area contributed by atoms with E-state index in [1.807, 2.05) is 20.8 Å². The molecule has 2 nitrogen and oxygen atoms in total. The molecular weight excluding hydrogens is 234 g/mol. The molecule has 0 amide bonds. The first-order chi connectivity index (χ1) is 6.75. The van der Waals surface area contributed by atoms with Crippen LogP contribution in [0.1, 0.15) is 26.3 Å². The highest BCUT2D eigenvalue weighted by atomic mass is 35.5. The van der Waals surface area contributed by atoms with Crippen molar-refractivity contribution in [1.82, 2.24) is 0 Å². The summed E-state index contributed by atoms with van der Waals surface area (Å²) >= 11 is 12.0. The molecule has 0 atom stereocenters. The van der Waals surface area contributed by atoms with Crippen molar-refractivity contribution >= 4 is 35.8 Å². The van der Waals surface area contributed by atoms with Gasteiger partial charge in [0.25, 0.3) is 0 Å². The fraction of sp³-hybridized carbons (Fsp3) is 0.400. The Labute approximate surface area is 100.0 Å². The molecule has 2 N–H and O–H groups in total. The fourth-order valence-corrected chi connectivity index (χ4v) is 2.16. The maximum Gasteiger partial charge on any atom is 0.488 e. The summed E-state index contributed by atoms with van der Waals surface area (Å²) in [7, 11) is -1.53. The van der Waals surface area contributed by atoms with E-state index in [9.17, 15) is 10.0 Å². The molecule has 0 aliphatic heterocycles. The summed E-state index contributed by atoms with van der Waals surface area (Å²) in [6.07, 6.45) is 0. The Balaban J connectivity index is 3.49. The van der Waals surface area contributed by atoms with Crippen LogP contribution in [0.15, 0.2) is 12.1 Å². The van der Waals surface area contributed by atoms with E-state index in [2.05, 4.69) is 0 Å². The quantitative estimate of drug-likeness (QED) is 0.744. The van der Waals surface area contributed by atoms with Crippen LogP contribution in [0.25, 0.3) is 0 Å².